The van der Waals surface area contributed by atoms with Crippen molar-refractivity contribution in [2.45, 2.75) is 0 Å². The van der Waals surface area contributed by atoms with Gasteiger partial charge in [-0.1, -0.05) is 0 Å². The summed E-state index contributed by atoms with van der Waals surface area (Å²) in [7, 11) is -3.79. The van der Waals surface area contributed by atoms with Crippen LogP contribution in [0.1, 0.15) is 0 Å². The van der Waals surface area contributed by atoms with Gasteiger partial charge in [-0.15, -0.1) is 0 Å². The third-order valence-electron chi connectivity index (χ3n) is 3.02. The van der Waals surface area contributed by atoms with Crippen molar-refractivity contribution in [2.75, 3.05) is 26.2 Å². The van der Waals surface area contributed by atoms with Gasteiger partial charge in [-0.25, -0.2) is 0 Å². The summed E-state index contributed by atoms with van der Waals surface area (Å²) in [5.41, 5.74) is 0.130. The SMILES string of the molecule is C=C(C#N)[C]1=[In][N](C#N)C=C1S(=O)(=O)NN1CCNCC1. The number of hydrazine groups is 1. The zero-order valence-corrected chi connectivity index (χ0v) is 15.3. The fraction of sp³-hybridized carbons (Fsp3) is 0.364. The van der Waals surface area contributed by atoms with Crippen molar-refractivity contribution in [1.29, 1.82) is 10.5 Å². The minimum absolute atomic E-state index is 0.00957. The molecule has 0 aromatic carbocycles. The van der Waals surface area contributed by atoms with E-state index in [1.807, 2.05) is 12.3 Å². The van der Waals surface area contributed by atoms with E-state index in [0.717, 1.165) is 0 Å². The number of sulfonamides is 1. The first-order chi connectivity index (χ1) is 9.97. The summed E-state index contributed by atoms with van der Waals surface area (Å²) in [6, 6.07) is 1.88. The van der Waals surface area contributed by atoms with E-state index in [1.54, 1.807) is 5.01 Å². The van der Waals surface area contributed by atoms with E-state index in [4.69, 9.17) is 10.5 Å². The van der Waals surface area contributed by atoms with Crippen LogP contribution >= 0.6 is 0 Å². The molecular weight excluding hydrogens is 395 g/mol. The second kappa shape index (κ2) is 6.73. The average Bonchev–Trinajstić information content (AvgIpc) is 2.92. The molecule has 0 bridgehead atoms. The van der Waals surface area contributed by atoms with Crippen LogP contribution < -0.4 is 10.1 Å². The third-order valence-corrected chi connectivity index (χ3v) is 9.19. The molecule has 0 spiro atoms. The number of piperazine rings is 1. The first kappa shape index (κ1) is 16.2. The van der Waals surface area contributed by atoms with E-state index in [2.05, 4.69) is 16.7 Å². The molecule has 0 aromatic heterocycles. The second-order valence-electron chi connectivity index (χ2n) is 4.47. The van der Waals surface area contributed by atoms with Crippen LogP contribution in [0.4, 0.5) is 0 Å². The van der Waals surface area contributed by atoms with Crippen LogP contribution in [0.15, 0.2) is 23.3 Å². The Hall–Kier alpha value is -1.17. The molecule has 1 fully saturated rings. The fourth-order valence-electron chi connectivity index (χ4n) is 1.97. The van der Waals surface area contributed by atoms with Gasteiger partial charge in [0.25, 0.3) is 0 Å². The van der Waals surface area contributed by atoms with E-state index in [1.165, 1.54) is 9.09 Å². The summed E-state index contributed by atoms with van der Waals surface area (Å²) in [5.74, 6) is 0. The average molecular weight is 408 g/mol. The summed E-state index contributed by atoms with van der Waals surface area (Å²) in [6.07, 6.45) is 3.24. The van der Waals surface area contributed by atoms with Crippen molar-refractivity contribution in [3.8, 4) is 12.3 Å². The Kier molecular flexibility index (Phi) is 5.19. The molecule has 0 aliphatic carbocycles. The van der Waals surface area contributed by atoms with Crippen LogP contribution in [0.3, 0.4) is 0 Å². The molecule has 0 saturated carbocycles. The number of hydrogen-bond donors (Lipinski definition) is 2. The molecule has 1 saturated heterocycles. The molecule has 8 nitrogen and oxygen atoms in total. The fourth-order valence-corrected chi connectivity index (χ4v) is 8.05. The number of nitrogens with one attached hydrogen (secondary N) is 2. The standard InChI is InChI=1S/C11H13N6O2S.In/c1-10(7-12)6-11(8-15-9-13)20(18,19)16-17-4-2-14-3-5-17;/h8,14,16H,1-5H2;/q-1;+1. The molecular formula is C11H13InN6O2S. The van der Waals surface area contributed by atoms with E-state index in [-0.39, 0.29) is 10.5 Å². The number of hydrogen-bond acceptors (Lipinski definition) is 7. The van der Waals surface area contributed by atoms with Gasteiger partial charge in [0.1, 0.15) is 0 Å². The van der Waals surface area contributed by atoms with Gasteiger partial charge in [-0.3, -0.25) is 0 Å². The molecule has 2 aliphatic heterocycles. The van der Waals surface area contributed by atoms with Crippen molar-refractivity contribution in [3.05, 3.63) is 23.3 Å². The molecule has 0 radical (unpaired) electrons. The Bertz CT molecular complexity index is 693. The van der Waals surface area contributed by atoms with Crippen molar-refractivity contribution < 1.29 is 8.42 Å². The summed E-state index contributed by atoms with van der Waals surface area (Å²) in [6.45, 7) is 6.11. The number of nitrogens with zero attached hydrogens (tertiary/aromatic N) is 4. The monoisotopic (exact) mass is 408 g/mol. The van der Waals surface area contributed by atoms with Gasteiger partial charge >= 0.3 is 135 Å². The minimum atomic E-state index is -3.79. The van der Waals surface area contributed by atoms with Crippen molar-refractivity contribution in [1.82, 2.24) is 18.0 Å². The zero-order valence-electron chi connectivity index (χ0n) is 11.2. The van der Waals surface area contributed by atoms with Crippen molar-refractivity contribution in [3.63, 3.8) is 0 Å². The molecule has 21 heavy (non-hydrogen) atoms. The van der Waals surface area contributed by atoms with Gasteiger partial charge in [-0.2, -0.15) is 0 Å². The zero-order chi connectivity index (χ0) is 15.5. The van der Waals surface area contributed by atoms with Gasteiger partial charge in [0.15, 0.2) is 0 Å². The maximum absolute atomic E-state index is 12.5. The van der Waals surface area contributed by atoms with Crippen LogP contribution in [0.2, 0.25) is 0 Å². The molecule has 0 atom stereocenters. The predicted octanol–water partition coefficient (Wildman–Crippen LogP) is -1.76. The van der Waals surface area contributed by atoms with E-state index in [0.29, 0.717) is 29.4 Å². The summed E-state index contributed by atoms with van der Waals surface area (Å²) in [5, 5.41) is 22.7. The Morgan fingerprint density at radius 2 is 2.10 bits per heavy atom. The Labute approximate surface area is 134 Å². The topological polar surface area (TPSA) is 112 Å². The van der Waals surface area contributed by atoms with E-state index in [9.17, 15) is 8.42 Å². The molecule has 0 unspecified atom stereocenters. The van der Waals surface area contributed by atoms with Crippen molar-refractivity contribution in [2.24, 2.45) is 0 Å². The first-order valence-electron chi connectivity index (χ1n) is 6.17. The van der Waals surface area contributed by atoms with Crippen molar-refractivity contribution >= 4 is 36.0 Å². The Balaban J connectivity index is 2.26. The summed E-state index contributed by atoms with van der Waals surface area (Å²) in [4.78, 5) is 2.52. The second-order valence-corrected chi connectivity index (χ2v) is 10.1. The molecule has 108 valence electrons. The van der Waals surface area contributed by atoms with Gasteiger partial charge < -0.3 is 0 Å². The van der Waals surface area contributed by atoms with Gasteiger partial charge in [-0.05, 0) is 0 Å². The normalized spacial score (nSPS) is 19.0. The van der Waals surface area contributed by atoms with E-state index >= 15 is 0 Å². The number of rotatable bonds is 4. The summed E-state index contributed by atoms with van der Waals surface area (Å²) >= 11 is -1.83. The quantitative estimate of drug-likeness (QED) is 0.419. The van der Waals surface area contributed by atoms with Crippen LogP contribution in [0.5, 0.6) is 0 Å². The predicted molar refractivity (Wildman–Crippen MR) is 77.5 cm³/mol. The molecule has 2 rings (SSSR count). The molecule has 10 heteroatoms. The van der Waals surface area contributed by atoms with Gasteiger partial charge in [0.05, 0.1) is 0 Å². The number of allylic oxidation sites excluding steroid dienone is 2. The van der Waals surface area contributed by atoms with Gasteiger partial charge in [0, 0.05) is 0 Å². The molecule has 2 N–H and O–H groups in total. The summed E-state index contributed by atoms with van der Waals surface area (Å²) < 4.78 is 26.7. The van der Waals surface area contributed by atoms with Crippen LogP contribution in [-0.4, -0.2) is 68.5 Å². The molecule has 2 heterocycles. The van der Waals surface area contributed by atoms with E-state index < -0.39 is 32.7 Å². The van der Waals surface area contributed by atoms with Gasteiger partial charge in [0.2, 0.25) is 0 Å². The maximum atomic E-state index is 12.5. The van der Waals surface area contributed by atoms with Crippen LogP contribution in [0.25, 0.3) is 0 Å². The molecule has 0 amide bonds. The third kappa shape index (κ3) is 3.73. The Morgan fingerprint density at radius 1 is 1.43 bits per heavy atom. The molecule has 2 aliphatic rings. The molecule has 0 aromatic rings. The first-order valence-corrected chi connectivity index (χ1v) is 10.8. The Morgan fingerprint density at radius 3 is 2.67 bits per heavy atom. The van der Waals surface area contributed by atoms with Crippen LogP contribution in [-0.2, 0) is 10.0 Å². The number of nitriles is 2. The van der Waals surface area contributed by atoms with Crippen LogP contribution in [0, 0.1) is 22.8 Å².